The summed E-state index contributed by atoms with van der Waals surface area (Å²) in [6.07, 6.45) is 0. The van der Waals surface area contributed by atoms with Gasteiger partial charge in [-0.2, -0.15) is 0 Å². The largest absolute Gasteiger partial charge is 0.395 e. The molecule has 0 heterocycles. The van der Waals surface area contributed by atoms with Crippen LogP contribution in [0.3, 0.4) is 0 Å². The summed E-state index contributed by atoms with van der Waals surface area (Å²) in [6, 6.07) is 0. The zero-order valence-corrected chi connectivity index (χ0v) is 8.16. The van der Waals surface area contributed by atoms with Crippen molar-refractivity contribution in [3.05, 3.63) is 0 Å². The van der Waals surface area contributed by atoms with Crippen LogP contribution < -0.4 is 5.73 Å². The van der Waals surface area contributed by atoms with Gasteiger partial charge in [-0.05, 0) is 13.8 Å². The van der Waals surface area contributed by atoms with Crippen molar-refractivity contribution >= 4 is 5.91 Å². The van der Waals surface area contributed by atoms with Crippen LogP contribution in [0.25, 0.3) is 0 Å². The third-order valence-corrected chi connectivity index (χ3v) is 1.58. The summed E-state index contributed by atoms with van der Waals surface area (Å²) < 4.78 is 0. The number of aliphatic hydroxyl groups is 2. The van der Waals surface area contributed by atoms with Crippen molar-refractivity contribution in [3.63, 3.8) is 0 Å². The molecule has 5 heteroatoms. The maximum Gasteiger partial charge on any atom is 0.242 e. The van der Waals surface area contributed by atoms with Crippen molar-refractivity contribution in [3.8, 4) is 0 Å². The molecule has 0 aromatic heterocycles. The Balaban J connectivity index is 4.27. The van der Waals surface area contributed by atoms with Gasteiger partial charge >= 0.3 is 0 Å². The molecule has 0 atom stereocenters. The van der Waals surface area contributed by atoms with Crippen LogP contribution in [-0.2, 0) is 4.79 Å². The Labute approximate surface area is 78.1 Å². The van der Waals surface area contributed by atoms with E-state index in [0.717, 1.165) is 0 Å². The summed E-state index contributed by atoms with van der Waals surface area (Å²) in [5.41, 5.74) is 4.63. The van der Waals surface area contributed by atoms with E-state index >= 15 is 0 Å². The first-order valence-electron chi connectivity index (χ1n) is 4.23. The van der Waals surface area contributed by atoms with Gasteiger partial charge in [0.1, 0.15) is 0 Å². The fourth-order valence-electron chi connectivity index (χ4n) is 0.964. The highest BCUT2D eigenvalue weighted by Gasteiger charge is 2.26. The molecule has 0 spiro atoms. The van der Waals surface area contributed by atoms with Gasteiger partial charge in [0, 0.05) is 13.1 Å². The molecule has 0 aliphatic carbocycles. The number of hydrogen-bond donors (Lipinski definition) is 3. The van der Waals surface area contributed by atoms with E-state index in [1.165, 1.54) is 4.90 Å². The number of aliphatic hydroxyl groups excluding tert-OH is 2. The van der Waals surface area contributed by atoms with E-state index in [1.807, 2.05) is 0 Å². The summed E-state index contributed by atoms with van der Waals surface area (Å²) in [6.45, 7) is 3.36. The minimum atomic E-state index is -0.954. The summed E-state index contributed by atoms with van der Waals surface area (Å²) in [5, 5.41) is 17.3. The molecule has 0 saturated heterocycles. The molecular formula is C8H18N2O3. The molecule has 78 valence electrons. The monoisotopic (exact) mass is 190 g/mol. The maximum atomic E-state index is 11.5. The molecule has 5 nitrogen and oxygen atoms in total. The van der Waals surface area contributed by atoms with Crippen LogP contribution in [0.4, 0.5) is 0 Å². The van der Waals surface area contributed by atoms with Gasteiger partial charge in [-0.1, -0.05) is 0 Å². The molecule has 0 saturated carbocycles. The molecule has 0 bridgehead atoms. The zero-order valence-electron chi connectivity index (χ0n) is 8.16. The van der Waals surface area contributed by atoms with Crippen LogP contribution >= 0.6 is 0 Å². The Morgan fingerprint density at radius 3 is 1.92 bits per heavy atom. The summed E-state index contributed by atoms with van der Waals surface area (Å²) in [4.78, 5) is 12.9. The lowest BCUT2D eigenvalue weighted by Gasteiger charge is -2.28. The number of carbonyl (C=O) groups excluding carboxylic acids is 1. The van der Waals surface area contributed by atoms with Crippen LogP contribution in [0.2, 0.25) is 0 Å². The van der Waals surface area contributed by atoms with Crippen molar-refractivity contribution in [2.45, 2.75) is 19.4 Å². The SMILES string of the molecule is CC(C)(N)C(=O)N(CCO)CCO. The number of hydrogen-bond acceptors (Lipinski definition) is 4. The summed E-state index contributed by atoms with van der Waals surface area (Å²) >= 11 is 0. The lowest BCUT2D eigenvalue weighted by Crippen LogP contribution is -2.52. The average molecular weight is 190 g/mol. The minimum Gasteiger partial charge on any atom is -0.395 e. The molecule has 0 fully saturated rings. The molecule has 0 radical (unpaired) electrons. The van der Waals surface area contributed by atoms with Crippen LogP contribution in [0.15, 0.2) is 0 Å². The number of nitrogens with two attached hydrogens (primary N) is 1. The maximum absolute atomic E-state index is 11.5. The third-order valence-electron chi connectivity index (χ3n) is 1.58. The molecule has 0 aromatic rings. The molecule has 0 aromatic carbocycles. The number of carbonyl (C=O) groups is 1. The molecule has 0 aliphatic rings. The number of rotatable bonds is 5. The van der Waals surface area contributed by atoms with E-state index in [1.54, 1.807) is 13.8 Å². The van der Waals surface area contributed by atoms with Gasteiger partial charge in [-0.15, -0.1) is 0 Å². The Kier molecular flexibility index (Phi) is 4.90. The highest BCUT2D eigenvalue weighted by atomic mass is 16.3. The predicted molar refractivity (Wildman–Crippen MR) is 49.0 cm³/mol. The molecule has 0 rings (SSSR count). The Morgan fingerprint density at radius 1 is 1.31 bits per heavy atom. The first-order valence-corrected chi connectivity index (χ1v) is 4.23. The molecule has 13 heavy (non-hydrogen) atoms. The molecule has 4 N–H and O–H groups in total. The highest BCUT2D eigenvalue weighted by Crippen LogP contribution is 2.03. The van der Waals surface area contributed by atoms with Gasteiger partial charge in [-0.25, -0.2) is 0 Å². The molecular weight excluding hydrogens is 172 g/mol. The van der Waals surface area contributed by atoms with E-state index in [2.05, 4.69) is 0 Å². The Morgan fingerprint density at radius 2 is 1.69 bits per heavy atom. The van der Waals surface area contributed by atoms with Crippen LogP contribution in [-0.4, -0.2) is 52.9 Å². The third kappa shape index (κ3) is 4.21. The number of amides is 1. The van der Waals surface area contributed by atoms with Crippen molar-refractivity contribution in [1.29, 1.82) is 0 Å². The van der Waals surface area contributed by atoms with Crippen LogP contribution in [0.1, 0.15) is 13.8 Å². The number of nitrogens with zero attached hydrogens (tertiary/aromatic N) is 1. The topological polar surface area (TPSA) is 86.8 Å². The highest BCUT2D eigenvalue weighted by molar-refractivity contribution is 5.85. The smallest absolute Gasteiger partial charge is 0.242 e. The van der Waals surface area contributed by atoms with E-state index in [9.17, 15) is 4.79 Å². The van der Waals surface area contributed by atoms with E-state index in [-0.39, 0.29) is 32.2 Å². The van der Waals surface area contributed by atoms with Gasteiger partial charge in [0.15, 0.2) is 0 Å². The van der Waals surface area contributed by atoms with Crippen molar-refractivity contribution in [2.24, 2.45) is 5.73 Å². The normalized spacial score (nSPS) is 11.5. The summed E-state index contributed by atoms with van der Waals surface area (Å²) in [7, 11) is 0. The fraction of sp³-hybridized carbons (Fsp3) is 0.875. The van der Waals surface area contributed by atoms with Crippen LogP contribution in [0.5, 0.6) is 0 Å². The lowest BCUT2D eigenvalue weighted by molar-refractivity contribution is -0.136. The zero-order chi connectivity index (χ0) is 10.5. The van der Waals surface area contributed by atoms with Gasteiger partial charge < -0.3 is 20.8 Å². The van der Waals surface area contributed by atoms with Crippen LogP contribution in [0, 0.1) is 0 Å². The van der Waals surface area contributed by atoms with Gasteiger partial charge in [-0.3, -0.25) is 4.79 Å². The Hall–Kier alpha value is -0.650. The molecule has 1 amide bonds. The molecule has 0 aliphatic heterocycles. The standard InChI is InChI=1S/C8H18N2O3/c1-8(2,9)7(13)10(3-5-11)4-6-12/h11-12H,3-6,9H2,1-2H3. The second-order valence-electron chi connectivity index (χ2n) is 3.46. The predicted octanol–water partition coefficient (Wildman–Crippen LogP) is -1.46. The second-order valence-corrected chi connectivity index (χ2v) is 3.46. The Bertz CT molecular complexity index is 159. The van der Waals surface area contributed by atoms with Crippen molar-refractivity contribution in [2.75, 3.05) is 26.3 Å². The van der Waals surface area contributed by atoms with E-state index in [0.29, 0.717) is 0 Å². The average Bonchev–Trinajstić information content (AvgIpc) is 2.01. The van der Waals surface area contributed by atoms with Crippen molar-refractivity contribution in [1.82, 2.24) is 4.90 Å². The minimum absolute atomic E-state index is 0.123. The van der Waals surface area contributed by atoms with Gasteiger partial charge in [0.2, 0.25) is 5.91 Å². The first-order chi connectivity index (χ1) is 5.93. The quantitative estimate of drug-likeness (QED) is 0.494. The van der Waals surface area contributed by atoms with Crippen molar-refractivity contribution < 1.29 is 15.0 Å². The first kappa shape index (κ1) is 12.3. The van der Waals surface area contributed by atoms with E-state index < -0.39 is 5.54 Å². The van der Waals surface area contributed by atoms with Gasteiger partial charge in [0.05, 0.1) is 18.8 Å². The lowest BCUT2D eigenvalue weighted by atomic mass is 10.1. The van der Waals surface area contributed by atoms with E-state index in [4.69, 9.17) is 15.9 Å². The fourth-order valence-corrected chi connectivity index (χ4v) is 0.964. The summed E-state index contributed by atoms with van der Waals surface area (Å²) in [5.74, 6) is -0.268. The van der Waals surface area contributed by atoms with Gasteiger partial charge in [0.25, 0.3) is 0 Å². The second kappa shape index (κ2) is 5.16. The molecule has 0 unspecified atom stereocenters.